The Morgan fingerprint density at radius 3 is 1.78 bits per heavy atom. The van der Waals surface area contributed by atoms with Gasteiger partial charge in [-0.3, -0.25) is 5.84 Å². The Hall–Kier alpha value is 0.460. The van der Waals surface area contributed by atoms with E-state index >= 15 is 0 Å². The largest absolute Gasteiger partial charge is 0.379 e. The summed E-state index contributed by atoms with van der Waals surface area (Å²) in [6, 6.07) is 0. The second-order valence-corrected chi connectivity index (χ2v) is 1.65. The summed E-state index contributed by atoms with van der Waals surface area (Å²) < 4.78 is 5.02. The Kier molecular flexibility index (Phi) is 8.89. The number of halogens is 2. The molecule has 0 unspecified atom stereocenters. The lowest BCUT2D eigenvalue weighted by Crippen LogP contribution is -2.41. The molecule has 1 aliphatic heterocycles. The van der Waals surface area contributed by atoms with Crippen molar-refractivity contribution >= 4 is 24.8 Å². The zero-order valence-corrected chi connectivity index (χ0v) is 6.71. The summed E-state index contributed by atoms with van der Waals surface area (Å²) in [6.45, 7) is 3.33. The van der Waals surface area contributed by atoms with Gasteiger partial charge in [-0.2, -0.15) is 0 Å². The molecule has 0 amide bonds. The molecule has 1 rings (SSSR count). The van der Waals surface area contributed by atoms with E-state index in [9.17, 15) is 0 Å². The van der Waals surface area contributed by atoms with Gasteiger partial charge in [0.2, 0.25) is 0 Å². The van der Waals surface area contributed by atoms with E-state index in [4.69, 9.17) is 10.6 Å². The molecule has 0 aromatic rings. The molecule has 58 valence electrons. The lowest BCUT2D eigenvalue weighted by atomic mass is 10.5. The normalized spacial score (nSPS) is 19.7. The van der Waals surface area contributed by atoms with E-state index in [1.54, 1.807) is 5.01 Å². The molecule has 1 fully saturated rings. The number of nitrogens with zero attached hydrogens (tertiary/aromatic N) is 1. The summed E-state index contributed by atoms with van der Waals surface area (Å²) in [7, 11) is 0. The minimum Gasteiger partial charge on any atom is -0.379 e. The Labute approximate surface area is 67.3 Å². The predicted octanol–water partition coefficient (Wildman–Crippen LogP) is 0.0359. The maximum absolute atomic E-state index is 5.39. The number of morpholine rings is 1. The molecule has 0 bridgehead atoms. The first-order chi connectivity index (χ1) is 3.39. The standard InChI is InChI=1S/C4H10N2O.2ClH/c5-6-1-3-7-4-2-6;;/h1-5H2;2*1H. The highest BCUT2D eigenvalue weighted by molar-refractivity contribution is 5.85. The Balaban J connectivity index is 0. The molecule has 0 aromatic carbocycles. The van der Waals surface area contributed by atoms with Crippen molar-refractivity contribution in [1.29, 1.82) is 0 Å². The number of hydrogen-bond acceptors (Lipinski definition) is 3. The van der Waals surface area contributed by atoms with Gasteiger partial charge in [-0.1, -0.05) is 0 Å². The quantitative estimate of drug-likeness (QED) is 0.528. The molecule has 3 nitrogen and oxygen atoms in total. The molecule has 1 saturated heterocycles. The summed E-state index contributed by atoms with van der Waals surface area (Å²) in [5.74, 6) is 5.39. The molecule has 1 aliphatic rings. The van der Waals surface area contributed by atoms with E-state index in [-0.39, 0.29) is 24.8 Å². The maximum atomic E-state index is 5.39. The molecule has 0 aliphatic carbocycles. The highest BCUT2D eigenvalue weighted by atomic mass is 35.5. The fourth-order valence-corrected chi connectivity index (χ4v) is 0.577. The predicted molar refractivity (Wildman–Crippen MR) is 41.1 cm³/mol. The van der Waals surface area contributed by atoms with Crippen LogP contribution in [-0.4, -0.2) is 31.3 Å². The Morgan fingerprint density at radius 1 is 1.11 bits per heavy atom. The van der Waals surface area contributed by atoms with Gasteiger partial charge in [0.25, 0.3) is 0 Å². The van der Waals surface area contributed by atoms with E-state index in [1.165, 1.54) is 0 Å². The summed E-state index contributed by atoms with van der Waals surface area (Å²) in [6.07, 6.45) is 0. The number of nitrogens with two attached hydrogens (primary N) is 1. The van der Waals surface area contributed by atoms with Gasteiger partial charge in [-0.15, -0.1) is 24.8 Å². The molecule has 0 radical (unpaired) electrons. The minimum atomic E-state index is 0. The van der Waals surface area contributed by atoms with Crippen molar-refractivity contribution in [2.45, 2.75) is 0 Å². The van der Waals surface area contributed by atoms with Gasteiger partial charge in [0.05, 0.1) is 13.2 Å². The molecular formula is C4H12Cl2N2O. The molecule has 0 spiro atoms. The smallest absolute Gasteiger partial charge is 0.0608 e. The van der Waals surface area contributed by atoms with Crippen LogP contribution in [0.4, 0.5) is 0 Å². The van der Waals surface area contributed by atoms with Crippen LogP contribution in [0.2, 0.25) is 0 Å². The second-order valence-electron chi connectivity index (χ2n) is 1.65. The van der Waals surface area contributed by atoms with E-state index in [1.807, 2.05) is 0 Å². The van der Waals surface area contributed by atoms with Gasteiger partial charge in [0, 0.05) is 13.1 Å². The molecule has 0 aromatic heterocycles. The molecule has 5 heteroatoms. The van der Waals surface area contributed by atoms with Gasteiger partial charge >= 0.3 is 0 Å². The first-order valence-corrected chi connectivity index (χ1v) is 2.47. The minimum absolute atomic E-state index is 0. The van der Waals surface area contributed by atoms with Gasteiger partial charge in [-0.05, 0) is 0 Å². The van der Waals surface area contributed by atoms with Crippen molar-refractivity contribution < 1.29 is 4.74 Å². The number of hydrazine groups is 1. The zero-order chi connectivity index (χ0) is 5.11. The maximum Gasteiger partial charge on any atom is 0.0608 e. The summed E-state index contributed by atoms with van der Waals surface area (Å²) in [5, 5.41) is 1.77. The van der Waals surface area contributed by atoms with Gasteiger partial charge in [0.1, 0.15) is 0 Å². The third-order valence-electron chi connectivity index (χ3n) is 1.05. The van der Waals surface area contributed by atoms with Crippen LogP contribution in [0.25, 0.3) is 0 Å². The second kappa shape index (κ2) is 6.58. The van der Waals surface area contributed by atoms with E-state index < -0.39 is 0 Å². The summed E-state index contributed by atoms with van der Waals surface area (Å²) >= 11 is 0. The van der Waals surface area contributed by atoms with Crippen molar-refractivity contribution in [1.82, 2.24) is 5.01 Å². The number of rotatable bonds is 0. The molecular weight excluding hydrogens is 163 g/mol. The van der Waals surface area contributed by atoms with Gasteiger partial charge in [0.15, 0.2) is 0 Å². The number of hydrogen-bond donors (Lipinski definition) is 1. The van der Waals surface area contributed by atoms with Crippen LogP contribution < -0.4 is 5.84 Å². The van der Waals surface area contributed by atoms with Crippen LogP contribution in [0.1, 0.15) is 0 Å². The fraction of sp³-hybridized carbons (Fsp3) is 1.00. The van der Waals surface area contributed by atoms with Crippen LogP contribution in [0.3, 0.4) is 0 Å². The molecule has 1 heterocycles. The van der Waals surface area contributed by atoms with Crippen LogP contribution >= 0.6 is 24.8 Å². The lowest BCUT2D eigenvalue weighted by molar-refractivity contribution is 0.0378. The number of ether oxygens (including phenoxy) is 1. The topological polar surface area (TPSA) is 38.5 Å². The highest BCUT2D eigenvalue weighted by Gasteiger charge is 2.02. The van der Waals surface area contributed by atoms with Crippen LogP contribution in [0.5, 0.6) is 0 Å². The highest BCUT2D eigenvalue weighted by Crippen LogP contribution is 1.86. The fourth-order valence-electron chi connectivity index (χ4n) is 0.577. The van der Waals surface area contributed by atoms with Crippen LogP contribution in [-0.2, 0) is 4.74 Å². The Bertz CT molecular complexity index is 58.5. The third kappa shape index (κ3) is 4.93. The van der Waals surface area contributed by atoms with Crippen molar-refractivity contribution in [2.75, 3.05) is 26.3 Å². The first-order valence-electron chi connectivity index (χ1n) is 2.47. The average molecular weight is 175 g/mol. The summed E-state index contributed by atoms with van der Waals surface area (Å²) in [5.41, 5.74) is 0. The monoisotopic (exact) mass is 174 g/mol. The van der Waals surface area contributed by atoms with E-state index in [0.29, 0.717) is 0 Å². The van der Waals surface area contributed by atoms with Crippen molar-refractivity contribution in [2.24, 2.45) is 5.84 Å². The van der Waals surface area contributed by atoms with E-state index in [0.717, 1.165) is 26.3 Å². The van der Waals surface area contributed by atoms with Gasteiger partial charge < -0.3 is 4.74 Å². The molecule has 9 heavy (non-hydrogen) atoms. The molecule has 2 N–H and O–H groups in total. The van der Waals surface area contributed by atoms with Gasteiger partial charge in [-0.25, -0.2) is 5.01 Å². The first kappa shape index (κ1) is 12.2. The molecule has 0 saturated carbocycles. The zero-order valence-electron chi connectivity index (χ0n) is 5.08. The van der Waals surface area contributed by atoms with Crippen molar-refractivity contribution in [3.05, 3.63) is 0 Å². The summed E-state index contributed by atoms with van der Waals surface area (Å²) in [4.78, 5) is 0. The Morgan fingerprint density at radius 2 is 1.56 bits per heavy atom. The lowest BCUT2D eigenvalue weighted by Gasteiger charge is -2.20. The van der Waals surface area contributed by atoms with E-state index in [2.05, 4.69) is 0 Å². The van der Waals surface area contributed by atoms with Crippen LogP contribution in [0, 0.1) is 0 Å². The van der Waals surface area contributed by atoms with Crippen molar-refractivity contribution in [3.63, 3.8) is 0 Å². The molecule has 0 atom stereocenters. The average Bonchev–Trinajstić information content (AvgIpc) is 1.69. The SMILES string of the molecule is Cl.Cl.NN1CCOCC1. The van der Waals surface area contributed by atoms with Crippen LogP contribution in [0.15, 0.2) is 0 Å². The third-order valence-corrected chi connectivity index (χ3v) is 1.05. The van der Waals surface area contributed by atoms with Crippen molar-refractivity contribution in [3.8, 4) is 0 Å².